The maximum atomic E-state index is 5.84. The third-order valence-electron chi connectivity index (χ3n) is 2.92. The molecule has 0 bridgehead atoms. The van der Waals surface area contributed by atoms with Crippen LogP contribution in [0.25, 0.3) is 0 Å². The molecule has 0 saturated carbocycles. The first-order valence-corrected chi connectivity index (χ1v) is 11.4. The summed E-state index contributed by atoms with van der Waals surface area (Å²) in [4.78, 5) is 0. The molecule has 0 rings (SSSR count). The summed E-state index contributed by atoms with van der Waals surface area (Å²) in [5, 5.41) is 0. The van der Waals surface area contributed by atoms with Crippen LogP contribution in [-0.4, -0.2) is 14.9 Å². The first-order chi connectivity index (χ1) is 9.06. The second-order valence-electron chi connectivity index (χ2n) is 6.14. The summed E-state index contributed by atoms with van der Waals surface area (Å²) in [5.74, 6) is 0. The molecule has 0 radical (unpaired) electrons. The molecule has 19 heavy (non-hydrogen) atoms. The van der Waals surface area contributed by atoms with Gasteiger partial charge in [0.05, 0.1) is 0 Å². The van der Waals surface area contributed by atoms with Crippen molar-refractivity contribution in [2.75, 3.05) is 6.61 Å². The van der Waals surface area contributed by atoms with E-state index in [9.17, 15) is 0 Å². The van der Waals surface area contributed by atoms with Crippen molar-refractivity contribution in [2.24, 2.45) is 0 Å². The smallest absolute Gasteiger partial charge is 0.183 e. The molecule has 0 aromatic heterocycles. The number of unbranched alkanes of at least 4 members (excludes halogenated alkanes) is 6. The number of allylic oxidation sites excluding steroid dienone is 4. The number of hydrogen-bond acceptors (Lipinski definition) is 1. The van der Waals surface area contributed by atoms with Crippen LogP contribution in [0.4, 0.5) is 0 Å². The molecule has 1 nitrogen and oxygen atoms in total. The van der Waals surface area contributed by atoms with Gasteiger partial charge in [-0.15, -0.1) is 0 Å². The van der Waals surface area contributed by atoms with Gasteiger partial charge >= 0.3 is 0 Å². The molecule has 0 atom stereocenters. The molecule has 2 heteroatoms. The van der Waals surface area contributed by atoms with Gasteiger partial charge in [-0.2, -0.15) is 0 Å². The average Bonchev–Trinajstić information content (AvgIpc) is 2.34. The highest BCUT2D eigenvalue weighted by Gasteiger charge is 2.12. The fraction of sp³-hybridized carbons (Fsp3) is 0.765. The van der Waals surface area contributed by atoms with Gasteiger partial charge in [0.1, 0.15) is 0 Å². The zero-order valence-electron chi connectivity index (χ0n) is 13.6. The Morgan fingerprint density at radius 1 is 0.789 bits per heavy atom. The van der Waals surface area contributed by atoms with E-state index in [0.717, 1.165) is 13.0 Å². The predicted octanol–water partition coefficient (Wildman–Crippen LogP) is 6.09. The van der Waals surface area contributed by atoms with Crippen molar-refractivity contribution in [1.82, 2.24) is 0 Å². The molecule has 0 fully saturated rings. The monoisotopic (exact) mass is 282 g/mol. The third-order valence-corrected chi connectivity index (χ3v) is 3.99. The molecular weight excluding hydrogens is 248 g/mol. The van der Waals surface area contributed by atoms with Crippen molar-refractivity contribution < 1.29 is 4.43 Å². The Balaban J connectivity index is 3.15. The first-order valence-electron chi connectivity index (χ1n) is 8.02. The maximum absolute atomic E-state index is 5.84. The van der Waals surface area contributed by atoms with Gasteiger partial charge in [0.2, 0.25) is 0 Å². The van der Waals surface area contributed by atoms with E-state index in [1.807, 2.05) is 0 Å². The number of hydrogen-bond donors (Lipinski definition) is 0. The molecule has 0 N–H and O–H groups in total. The highest BCUT2D eigenvalue weighted by molar-refractivity contribution is 6.69. The number of rotatable bonds is 12. The Morgan fingerprint density at radius 3 is 2.00 bits per heavy atom. The summed E-state index contributed by atoms with van der Waals surface area (Å²) in [7, 11) is -1.27. The standard InChI is InChI=1S/C17H34OSi/c1-5-6-7-8-9-10-11-12-13-14-15-16-17-18-19(2,3)4/h6-9H,5,10-17H2,1-4H3/b7-6-,9-8+. The second kappa shape index (κ2) is 12.7. The summed E-state index contributed by atoms with van der Waals surface area (Å²) >= 11 is 0. The van der Waals surface area contributed by atoms with Gasteiger partial charge in [0.25, 0.3) is 0 Å². The molecule has 0 aliphatic rings. The van der Waals surface area contributed by atoms with Crippen LogP contribution in [0.1, 0.15) is 58.3 Å². The van der Waals surface area contributed by atoms with Crippen LogP contribution >= 0.6 is 0 Å². The van der Waals surface area contributed by atoms with Gasteiger partial charge in [-0.25, -0.2) is 0 Å². The topological polar surface area (TPSA) is 9.23 Å². The maximum Gasteiger partial charge on any atom is 0.183 e. The Morgan fingerprint density at radius 2 is 1.37 bits per heavy atom. The van der Waals surface area contributed by atoms with Gasteiger partial charge in [0, 0.05) is 6.61 Å². The van der Waals surface area contributed by atoms with Gasteiger partial charge in [-0.3, -0.25) is 0 Å². The summed E-state index contributed by atoms with van der Waals surface area (Å²) in [6.45, 7) is 9.92. The van der Waals surface area contributed by atoms with Crippen molar-refractivity contribution in [3.8, 4) is 0 Å². The van der Waals surface area contributed by atoms with Gasteiger partial charge in [0.15, 0.2) is 8.32 Å². The lowest BCUT2D eigenvalue weighted by Gasteiger charge is -2.16. The van der Waals surface area contributed by atoms with E-state index in [2.05, 4.69) is 50.9 Å². The second-order valence-corrected chi connectivity index (χ2v) is 10.6. The summed E-state index contributed by atoms with van der Waals surface area (Å²) < 4.78 is 5.84. The lowest BCUT2D eigenvalue weighted by Crippen LogP contribution is -2.25. The van der Waals surface area contributed by atoms with Gasteiger partial charge < -0.3 is 4.43 Å². The minimum Gasteiger partial charge on any atom is -0.418 e. The summed E-state index contributed by atoms with van der Waals surface area (Å²) in [5.41, 5.74) is 0. The summed E-state index contributed by atoms with van der Waals surface area (Å²) in [6.07, 6.45) is 19.2. The Labute approximate surface area is 122 Å². The molecule has 0 saturated heterocycles. The van der Waals surface area contributed by atoms with E-state index in [1.54, 1.807) is 0 Å². The summed E-state index contributed by atoms with van der Waals surface area (Å²) in [6, 6.07) is 0. The van der Waals surface area contributed by atoms with Crippen LogP contribution < -0.4 is 0 Å². The van der Waals surface area contributed by atoms with E-state index in [-0.39, 0.29) is 0 Å². The van der Waals surface area contributed by atoms with E-state index < -0.39 is 8.32 Å². The molecule has 0 unspecified atom stereocenters. The molecule has 0 aliphatic carbocycles. The Kier molecular flexibility index (Phi) is 12.4. The molecule has 0 spiro atoms. The zero-order chi connectivity index (χ0) is 14.4. The first kappa shape index (κ1) is 18.7. The third kappa shape index (κ3) is 17.7. The van der Waals surface area contributed by atoms with Crippen LogP contribution in [-0.2, 0) is 4.43 Å². The lowest BCUT2D eigenvalue weighted by atomic mass is 10.1. The Hall–Kier alpha value is -0.343. The molecule has 0 heterocycles. The lowest BCUT2D eigenvalue weighted by molar-refractivity contribution is 0.298. The van der Waals surface area contributed by atoms with Crippen LogP contribution in [0.5, 0.6) is 0 Å². The van der Waals surface area contributed by atoms with Crippen LogP contribution in [0.2, 0.25) is 19.6 Å². The fourth-order valence-electron chi connectivity index (χ4n) is 1.84. The van der Waals surface area contributed by atoms with E-state index in [0.29, 0.717) is 0 Å². The van der Waals surface area contributed by atoms with Gasteiger partial charge in [-0.1, -0.05) is 56.9 Å². The zero-order valence-corrected chi connectivity index (χ0v) is 14.6. The van der Waals surface area contributed by atoms with E-state index >= 15 is 0 Å². The molecular formula is C17H34OSi. The minimum absolute atomic E-state index is 0.974. The Bertz CT molecular complexity index is 238. The fourth-order valence-corrected chi connectivity index (χ4v) is 2.60. The predicted molar refractivity (Wildman–Crippen MR) is 90.2 cm³/mol. The van der Waals surface area contributed by atoms with Crippen molar-refractivity contribution in [3.05, 3.63) is 24.3 Å². The van der Waals surface area contributed by atoms with Crippen molar-refractivity contribution in [1.29, 1.82) is 0 Å². The van der Waals surface area contributed by atoms with Crippen LogP contribution in [0, 0.1) is 0 Å². The van der Waals surface area contributed by atoms with Gasteiger partial charge in [-0.05, 0) is 45.3 Å². The van der Waals surface area contributed by atoms with Crippen molar-refractivity contribution in [3.63, 3.8) is 0 Å². The quantitative estimate of drug-likeness (QED) is 0.239. The van der Waals surface area contributed by atoms with Crippen LogP contribution in [0.3, 0.4) is 0 Å². The molecule has 0 aromatic carbocycles. The molecule has 112 valence electrons. The van der Waals surface area contributed by atoms with Crippen LogP contribution in [0.15, 0.2) is 24.3 Å². The highest BCUT2D eigenvalue weighted by atomic mass is 28.4. The van der Waals surface area contributed by atoms with Crippen molar-refractivity contribution in [2.45, 2.75) is 77.9 Å². The average molecular weight is 283 g/mol. The molecule has 0 aliphatic heterocycles. The SMILES string of the molecule is CC/C=C\C=C\CCCCCCCCO[Si](C)(C)C. The highest BCUT2D eigenvalue weighted by Crippen LogP contribution is 2.09. The molecule has 0 amide bonds. The minimum atomic E-state index is -1.27. The van der Waals surface area contributed by atoms with E-state index in [4.69, 9.17) is 4.43 Å². The molecule has 0 aromatic rings. The van der Waals surface area contributed by atoms with E-state index in [1.165, 1.54) is 44.9 Å². The van der Waals surface area contributed by atoms with Crippen molar-refractivity contribution >= 4 is 8.32 Å². The normalized spacial score (nSPS) is 12.8. The largest absolute Gasteiger partial charge is 0.418 e.